The van der Waals surface area contributed by atoms with Crippen molar-refractivity contribution in [3.8, 4) is 39.5 Å². The standard InChI is InChI=1S/C46H31N3O/c1-28-23-29(2)25-32(24-28)45-35-14-6-8-16-39(35)47-46(48-45)36-15-10-18-43-44(36)38-27-31(20-22-42(38)50-43)30-19-21-41-37(26-30)34-13-7-9-17-40(34)49(41)33-11-4-3-5-12-33/h3-27H,1-2H3. The largest absolute Gasteiger partial charge is 0.456 e. The highest BCUT2D eigenvalue weighted by atomic mass is 16.3. The third kappa shape index (κ3) is 4.46. The molecule has 10 aromatic rings. The SMILES string of the molecule is Cc1cc(C)cc(-c2nc(-c3cccc4oc5ccc(-c6ccc7c(c6)c6ccccc6n7-c6ccccc6)cc5c34)nc3ccccc23)c1. The number of rotatable bonds is 4. The molecule has 50 heavy (non-hydrogen) atoms. The number of para-hydroxylation sites is 3. The van der Waals surface area contributed by atoms with Gasteiger partial charge < -0.3 is 8.98 Å². The lowest BCUT2D eigenvalue weighted by atomic mass is 9.98. The summed E-state index contributed by atoms with van der Waals surface area (Å²) in [4.78, 5) is 10.4. The molecule has 4 heteroatoms. The Morgan fingerprint density at radius 1 is 0.480 bits per heavy atom. The van der Waals surface area contributed by atoms with Crippen molar-refractivity contribution in [1.82, 2.24) is 14.5 Å². The molecule has 10 rings (SSSR count). The van der Waals surface area contributed by atoms with Crippen LogP contribution in [-0.2, 0) is 0 Å². The molecule has 0 spiro atoms. The van der Waals surface area contributed by atoms with Gasteiger partial charge in [0.1, 0.15) is 11.2 Å². The summed E-state index contributed by atoms with van der Waals surface area (Å²) >= 11 is 0. The van der Waals surface area contributed by atoms with Gasteiger partial charge in [0.15, 0.2) is 5.82 Å². The van der Waals surface area contributed by atoms with E-state index in [1.807, 2.05) is 18.2 Å². The van der Waals surface area contributed by atoms with Crippen LogP contribution in [0.5, 0.6) is 0 Å². The minimum atomic E-state index is 0.687. The Morgan fingerprint density at radius 3 is 2.02 bits per heavy atom. The molecule has 0 atom stereocenters. The lowest BCUT2D eigenvalue weighted by molar-refractivity contribution is 0.669. The molecule has 0 aliphatic rings. The van der Waals surface area contributed by atoms with Gasteiger partial charge in [-0.05, 0) is 91.7 Å². The van der Waals surface area contributed by atoms with Gasteiger partial charge in [-0.2, -0.15) is 0 Å². The lowest BCUT2D eigenvalue weighted by Gasteiger charge is -2.11. The number of hydrogen-bond donors (Lipinski definition) is 0. The summed E-state index contributed by atoms with van der Waals surface area (Å²) < 4.78 is 8.81. The van der Waals surface area contributed by atoms with Crippen molar-refractivity contribution >= 4 is 54.6 Å². The van der Waals surface area contributed by atoms with Crippen molar-refractivity contribution in [2.75, 3.05) is 0 Å². The van der Waals surface area contributed by atoms with Crippen LogP contribution in [-0.4, -0.2) is 14.5 Å². The molecular formula is C46H31N3O. The zero-order valence-electron chi connectivity index (χ0n) is 27.7. The Morgan fingerprint density at radius 2 is 1.18 bits per heavy atom. The maximum absolute atomic E-state index is 6.46. The predicted octanol–water partition coefficient (Wildman–Crippen LogP) is 12.2. The molecule has 0 saturated heterocycles. The van der Waals surface area contributed by atoms with E-state index in [4.69, 9.17) is 14.4 Å². The molecule has 3 aromatic heterocycles. The van der Waals surface area contributed by atoms with Gasteiger partial charge in [0.05, 0.1) is 22.2 Å². The Bertz CT molecular complexity index is 2930. The summed E-state index contributed by atoms with van der Waals surface area (Å²) in [6.07, 6.45) is 0. The molecular weight excluding hydrogens is 611 g/mol. The first-order valence-corrected chi connectivity index (χ1v) is 17.0. The minimum absolute atomic E-state index is 0.687. The number of furan rings is 1. The summed E-state index contributed by atoms with van der Waals surface area (Å²) in [5.41, 5.74) is 13.8. The molecule has 0 unspecified atom stereocenters. The van der Waals surface area contributed by atoms with Crippen molar-refractivity contribution in [2.45, 2.75) is 13.8 Å². The van der Waals surface area contributed by atoms with Crippen LogP contribution in [0.4, 0.5) is 0 Å². The van der Waals surface area contributed by atoms with E-state index in [1.165, 1.54) is 32.9 Å². The average Bonchev–Trinajstić information content (AvgIpc) is 3.69. The lowest BCUT2D eigenvalue weighted by Crippen LogP contribution is -1.96. The Kier molecular flexibility index (Phi) is 6.27. The molecule has 0 aliphatic heterocycles. The second-order valence-electron chi connectivity index (χ2n) is 13.2. The maximum atomic E-state index is 6.46. The van der Waals surface area contributed by atoms with E-state index in [1.54, 1.807) is 0 Å². The van der Waals surface area contributed by atoms with E-state index < -0.39 is 0 Å². The number of aromatic nitrogens is 3. The van der Waals surface area contributed by atoms with Crippen LogP contribution in [0.1, 0.15) is 11.1 Å². The fraction of sp³-hybridized carbons (Fsp3) is 0.0435. The van der Waals surface area contributed by atoms with Crippen molar-refractivity contribution in [3.63, 3.8) is 0 Å². The molecule has 7 aromatic carbocycles. The van der Waals surface area contributed by atoms with Crippen LogP contribution in [0.15, 0.2) is 156 Å². The molecule has 236 valence electrons. The first-order chi connectivity index (χ1) is 24.6. The number of fused-ring (bicyclic) bond motifs is 7. The molecule has 0 saturated carbocycles. The number of hydrogen-bond acceptors (Lipinski definition) is 3. The molecule has 0 aliphatic carbocycles. The highest BCUT2D eigenvalue weighted by molar-refractivity contribution is 6.14. The molecule has 0 amide bonds. The van der Waals surface area contributed by atoms with Crippen LogP contribution in [0.3, 0.4) is 0 Å². The quantitative estimate of drug-likeness (QED) is 0.192. The van der Waals surface area contributed by atoms with Gasteiger partial charge in [0.25, 0.3) is 0 Å². The maximum Gasteiger partial charge on any atom is 0.161 e. The summed E-state index contributed by atoms with van der Waals surface area (Å²) in [7, 11) is 0. The van der Waals surface area contributed by atoms with E-state index in [0.717, 1.165) is 66.5 Å². The van der Waals surface area contributed by atoms with E-state index >= 15 is 0 Å². The smallest absolute Gasteiger partial charge is 0.161 e. The number of aryl methyl sites for hydroxylation is 2. The Labute approximate surface area is 288 Å². The summed E-state index contributed by atoms with van der Waals surface area (Å²) in [5.74, 6) is 0.687. The van der Waals surface area contributed by atoms with Crippen molar-refractivity contribution in [3.05, 3.63) is 163 Å². The first kappa shape index (κ1) is 28.5. The van der Waals surface area contributed by atoms with Crippen molar-refractivity contribution < 1.29 is 4.42 Å². The Hall–Kier alpha value is -6.52. The van der Waals surface area contributed by atoms with Crippen LogP contribution in [0.2, 0.25) is 0 Å². The van der Waals surface area contributed by atoms with Gasteiger partial charge in [-0.25, -0.2) is 9.97 Å². The topological polar surface area (TPSA) is 43.9 Å². The van der Waals surface area contributed by atoms with Crippen molar-refractivity contribution in [1.29, 1.82) is 0 Å². The van der Waals surface area contributed by atoms with Crippen LogP contribution >= 0.6 is 0 Å². The van der Waals surface area contributed by atoms with Crippen LogP contribution in [0.25, 0.3) is 94.1 Å². The van der Waals surface area contributed by atoms with Crippen LogP contribution < -0.4 is 0 Å². The minimum Gasteiger partial charge on any atom is -0.456 e. The third-order valence-electron chi connectivity index (χ3n) is 9.85. The fourth-order valence-electron chi connectivity index (χ4n) is 7.73. The van der Waals surface area contributed by atoms with E-state index in [0.29, 0.717) is 5.82 Å². The highest BCUT2D eigenvalue weighted by Gasteiger charge is 2.19. The molecule has 0 radical (unpaired) electrons. The second kappa shape index (κ2) is 11.0. The summed E-state index contributed by atoms with van der Waals surface area (Å²) in [6.45, 7) is 4.27. The molecule has 0 bridgehead atoms. The van der Waals surface area contributed by atoms with Crippen LogP contribution in [0, 0.1) is 13.8 Å². The van der Waals surface area contributed by atoms with Gasteiger partial charge in [-0.3, -0.25) is 0 Å². The molecule has 3 heterocycles. The number of nitrogens with zero attached hydrogens (tertiary/aromatic N) is 3. The second-order valence-corrected chi connectivity index (χ2v) is 13.2. The number of benzene rings is 7. The van der Waals surface area contributed by atoms with Gasteiger partial charge in [-0.1, -0.05) is 96.1 Å². The third-order valence-corrected chi connectivity index (χ3v) is 9.85. The normalized spacial score (nSPS) is 11.8. The van der Waals surface area contributed by atoms with Gasteiger partial charge in [-0.15, -0.1) is 0 Å². The zero-order chi connectivity index (χ0) is 33.3. The van der Waals surface area contributed by atoms with Gasteiger partial charge in [0, 0.05) is 43.7 Å². The van der Waals surface area contributed by atoms with Crippen molar-refractivity contribution in [2.24, 2.45) is 0 Å². The van der Waals surface area contributed by atoms with Gasteiger partial charge >= 0.3 is 0 Å². The first-order valence-electron chi connectivity index (χ1n) is 17.0. The fourth-order valence-corrected chi connectivity index (χ4v) is 7.73. The average molecular weight is 642 g/mol. The highest BCUT2D eigenvalue weighted by Crippen LogP contribution is 2.40. The van der Waals surface area contributed by atoms with E-state index in [9.17, 15) is 0 Å². The van der Waals surface area contributed by atoms with E-state index in [-0.39, 0.29) is 0 Å². The summed E-state index contributed by atoms with van der Waals surface area (Å²) in [6, 6.07) is 53.6. The Balaban J connectivity index is 1.17. The van der Waals surface area contributed by atoms with Gasteiger partial charge in [0.2, 0.25) is 0 Å². The molecule has 0 fully saturated rings. The zero-order valence-corrected chi connectivity index (χ0v) is 27.7. The summed E-state index contributed by atoms with van der Waals surface area (Å²) in [5, 5.41) is 5.57. The molecule has 0 N–H and O–H groups in total. The molecule has 4 nitrogen and oxygen atoms in total. The predicted molar refractivity (Wildman–Crippen MR) is 207 cm³/mol. The monoisotopic (exact) mass is 641 g/mol. The van der Waals surface area contributed by atoms with E-state index in [2.05, 4.69) is 152 Å².